The number of halogens is 2. The van der Waals surface area contributed by atoms with E-state index in [1.54, 1.807) is 6.07 Å². The van der Waals surface area contributed by atoms with E-state index in [4.69, 9.17) is 11.6 Å². The Morgan fingerprint density at radius 2 is 1.60 bits per heavy atom. The van der Waals surface area contributed by atoms with Crippen LogP contribution in [0, 0.1) is 5.82 Å². The molecule has 0 aliphatic heterocycles. The first-order valence-corrected chi connectivity index (χ1v) is 8.26. The highest BCUT2D eigenvalue weighted by Gasteiger charge is 2.09. The normalized spacial score (nSPS) is 11.1. The summed E-state index contributed by atoms with van der Waals surface area (Å²) in [6.07, 6.45) is 9.72. The maximum Gasteiger partial charge on any atom is 0.126 e. The van der Waals surface area contributed by atoms with Crippen molar-refractivity contribution in [3.63, 3.8) is 0 Å². The van der Waals surface area contributed by atoms with Gasteiger partial charge < -0.3 is 5.32 Å². The highest BCUT2D eigenvalue weighted by atomic mass is 35.5. The zero-order chi connectivity index (χ0) is 14.8. The molecule has 0 bridgehead atoms. The lowest BCUT2D eigenvalue weighted by Crippen LogP contribution is -2.19. The molecule has 0 aliphatic rings. The van der Waals surface area contributed by atoms with Crippen LogP contribution in [0.4, 0.5) is 10.1 Å². The van der Waals surface area contributed by atoms with Crippen LogP contribution in [0.3, 0.4) is 0 Å². The molecule has 0 fully saturated rings. The molecule has 0 radical (unpaired) electrons. The zero-order valence-corrected chi connectivity index (χ0v) is 13.5. The van der Waals surface area contributed by atoms with Gasteiger partial charge in [-0.15, -0.1) is 0 Å². The first kappa shape index (κ1) is 17.3. The van der Waals surface area contributed by atoms with Crippen LogP contribution < -0.4 is 5.32 Å². The van der Waals surface area contributed by atoms with E-state index in [0.717, 1.165) is 18.5 Å². The Morgan fingerprint density at radius 1 is 1.00 bits per heavy atom. The molecule has 0 amide bonds. The van der Waals surface area contributed by atoms with E-state index in [9.17, 15) is 4.39 Å². The molecule has 3 heteroatoms. The van der Waals surface area contributed by atoms with Crippen molar-refractivity contribution in [3.05, 3.63) is 29.0 Å². The van der Waals surface area contributed by atoms with Gasteiger partial charge in [0.15, 0.2) is 0 Å². The van der Waals surface area contributed by atoms with Crippen molar-refractivity contribution in [2.75, 3.05) is 5.32 Å². The van der Waals surface area contributed by atoms with Gasteiger partial charge in [0.25, 0.3) is 0 Å². The van der Waals surface area contributed by atoms with Crippen LogP contribution in [0.15, 0.2) is 18.2 Å². The quantitative estimate of drug-likeness (QED) is 0.491. The number of rotatable bonds is 10. The first-order chi connectivity index (χ1) is 9.65. The van der Waals surface area contributed by atoms with Gasteiger partial charge in [0.2, 0.25) is 0 Å². The van der Waals surface area contributed by atoms with Crippen molar-refractivity contribution in [3.8, 4) is 0 Å². The molecule has 0 aliphatic carbocycles. The Kier molecular flexibility index (Phi) is 8.68. The van der Waals surface area contributed by atoms with Gasteiger partial charge in [-0.05, 0) is 31.0 Å². The van der Waals surface area contributed by atoms with Crippen molar-refractivity contribution in [1.82, 2.24) is 0 Å². The van der Waals surface area contributed by atoms with Gasteiger partial charge in [0, 0.05) is 16.8 Å². The summed E-state index contributed by atoms with van der Waals surface area (Å²) >= 11 is 5.91. The molecule has 1 aromatic rings. The maximum absolute atomic E-state index is 13.4. The molecule has 1 nitrogen and oxygen atoms in total. The smallest absolute Gasteiger partial charge is 0.126 e. The van der Waals surface area contributed by atoms with Crippen LogP contribution in [0.5, 0.6) is 0 Å². The van der Waals surface area contributed by atoms with E-state index >= 15 is 0 Å². The summed E-state index contributed by atoms with van der Waals surface area (Å²) in [7, 11) is 0. The van der Waals surface area contributed by atoms with Gasteiger partial charge in [-0.3, -0.25) is 0 Å². The molecule has 0 unspecified atom stereocenters. The van der Waals surface area contributed by atoms with E-state index in [2.05, 4.69) is 19.2 Å². The highest BCUT2D eigenvalue weighted by molar-refractivity contribution is 6.30. The van der Waals surface area contributed by atoms with Crippen LogP contribution in [-0.2, 0) is 0 Å². The molecule has 0 saturated heterocycles. The molecule has 0 atom stereocenters. The monoisotopic (exact) mass is 299 g/mol. The third-order valence-corrected chi connectivity index (χ3v) is 3.76. The Hall–Kier alpha value is -0.760. The number of unbranched alkanes of at least 4 members (excludes halogenated alkanes) is 4. The van der Waals surface area contributed by atoms with Crippen LogP contribution in [-0.4, -0.2) is 6.04 Å². The number of benzene rings is 1. The van der Waals surface area contributed by atoms with E-state index in [1.165, 1.54) is 50.7 Å². The highest BCUT2D eigenvalue weighted by Crippen LogP contribution is 2.21. The van der Waals surface area contributed by atoms with Gasteiger partial charge >= 0.3 is 0 Å². The second-order valence-corrected chi connectivity index (χ2v) is 5.93. The van der Waals surface area contributed by atoms with Crippen molar-refractivity contribution < 1.29 is 4.39 Å². The average molecular weight is 300 g/mol. The molecule has 0 saturated carbocycles. The largest absolute Gasteiger partial charge is 0.382 e. The summed E-state index contributed by atoms with van der Waals surface area (Å²) in [4.78, 5) is 0. The third-order valence-electron chi connectivity index (χ3n) is 3.55. The van der Waals surface area contributed by atoms with Crippen molar-refractivity contribution in [2.24, 2.45) is 0 Å². The minimum atomic E-state index is -0.277. The lowest BCUT2D eigenvalue weighted by Gasteiger charge is -2.20. The van der Waals surface area contributed by atoms with Gasteiger partial charge in [-0.25, -0.2) is 4.39 Å². The molecule has 0 aromatic heterocycles. The molecule has 0 spiro atoms. The fraction of sp³-hybridized carbons (Fsp3) is 0.647. The summed E-state index contributed by atoms with van der Waals surface area (Å²) in [5.41, 5.74) is 0.799. The minimum Gasteiger partial charge on any atom is -0.382 e. The van der Waals surface area contributed by atoms with Crippen molar-refractivity contribution in [1.29, 1.82) is 0 Å². The molecule has 0 heterocycles. The number of nitrogens with one attached hydrogen (secondary N) is 1. The Balaban J connectivity index is 2.56. The van der Waals surface area contributed by atoms with Gasteiger partial charge in [0.05, 0.1) is 0 Å². The molecule has 1 aromatic carbocycles. The number of hydrogen-bond acceptors (Lipinski definition) is 1. The van der Waals surface area contributed by atoms with Crippen LogP contribution in [0.1, 0.15) is 65.2 Å². The standard InChI is InChI=1S/C17H27ClFN/c1-3-5-7-9-16(10-8-6-4-2)20-17-12-14(18)11-15(19)13-17/h11-13,16,20H,3-10H2,1-2H3. The second kappa shape index (κ2) is 10.0. The van der Waals surface area contributed by atoms with E-state index < -0.39 is 0 Å². The predicted molar refractivity (Wildman–Crippen MR) is 87.1 cm³/mol. The lowest BCUT2D eigenvalue weighted by molar-refractivity contribution is 0.526. The fourth-order valence-electron chi connectivity index (χ4n) is 2.44. The van der Waals surface area contributed by atoms with Crippen LogP contribution in [0.25, 0.3) is 0 Å². The second-order valence-electron chi connectivity index (χ2n) is 5.49. The molecule has 20 heavy (non-hydrogen) atoms. The maximum atomic E-state index is 13.4. The molecule has 1 rings (SSSR count). The third kappa shape index (κ3) is 7.14. The molecular weight excluding hydrogens is 273 g/mol. The molecular formula is C17H27ClFN. The zero-order valence-electron chi connectivity index (χ0n) is 12.7. The Labute approximate surface area is 127 Å². The lowest BCUT2D eigenvalue weighted by atomic mass is 10.0. The van der Waals surface area contributed by atoms with E-state index in [0.29, 0.717) is 11.1 Å². The Morgan fingerprint density at radius 3 is 2.10 bits per heavy atom. The SMILES string of the molecule is CCCCCC(CCCCC)Nc1cc(F)cc(Cl)c1. The summed E-state index contributed by atoms with van der Waals surface area (Å²) in [5, 5.41) is 3.91. The Bertz CT molecular complexity index is 351. The van der Waals surface area contributed by atoms with Gasteiger partial charge in [-0.1, -0.05) is 64.0 Å². The molecule has 1 N–H and O–H groups in total. The fourth-order valence-corrected chi connectivity index (χ4v) is 2.66. The van der Waals surface area contributed by atoms with Gasteiger partial charge in [-0.2, -0.15) is 0 Å². The predicted octanol–water partition coefficient (Wildman–Crippen LogP) is 6.42. The van der Waals surface area contributed by atoms with E-state index in [-0.39, 0.29) is 5.82 Å². The topological polar surface area (TPSA) is 12.0 Å². The first-order valence-electron chi connectivity index (χ1n) is 7.88. The van der Waals surface area contributed by atoms with Crippen molar-refractivity contribution in [2.45, 2.75) is 71.3 Å². The summed E-state index contributed by atoms with van der Waals surface area (Å²) in [6, 6.07) is 5.09. The van der Waals surface area contributed by atoms with Gasteiger partial charge in [0.1, 0.15) is 5.82 Å². The van der Waals surface area contributed by atoms with E-state index in [1.807, 2.05) is 0 Å². The van der Waals surface area contributed by atoms with Crippen LogP contribution in [0.2, 0.25) is 5.02 Å². The average Bonchev–Trinajstić information content (AvgIpc) is 2.38. The summed E-state index contributed by atoms with van der Waals surface area (Å²) in [5.74, 6) is -0.277. The number of hydrogen-bond donors (Lipinski definition) is 1. The van der Waals surface area contributed by atoms with Crippen LogP contribution >= 0.6 is 11.6 Å². The van der Waals surface area contributed by atoms with Crippen molar-refractivity contribution >= 4 is 17.3 Å². The number of anilines is 1. The summed E-state index contributed by atoms with van der Waals surface area (Å²) < 4.78 is 13.4. The summed E-state index contributed by atoms with van der Waals surface area (Å²) in [6.45, 7) is 4.43. The minimum absolute atomic E-state index is 0.277. The molecule has 114 valence electrons.